The molecular weight excluding hydrogens is 308 g/mol. The maximum Gasteiger partial charge on any atom is 0.341 e. The van der Waals surface area contributed by atoms with Crippen molar-refractivity contribution in [3.05, 3.63) is 32.1 Å². The average Bonchev–Trinajstić information content (AvgIpc) is 2.95. The van der Waals surface area contributed by atoms with E-state index in [0.717, 1.165) is 15.4 Å². The number of carbonyl (C=O) groups excluding carboxylic acids is 2. The molecule has 1 N–H and O–H groups in total. The van der Waals surface area contributed by atoms with Crippen LogP contribution in [0, 0.1) is 20.8 Å². The van der Waals surface area contributed by atoms with Crippen molar-refractivity contribution in [2.24, 2.45) is 0 Å². The first-order valence-electron chi connectivity index (χ1n) is 6.44. The van der Waals surface area contributed by atoms with E-state index in [9.17, 15) is 9.59 Å². The van der Waals surface area contributed by atoms with Crippen molar-refractivity contribution in [2.75, 3.05) is 11.9 Å². The molecule has 5 nitrogen and oxygen atoms in total. The van der Waals surface area contributed by atoms with E-state index in [4.69, 9.17) is 4.74 Å². The van der Waals surface area contributed by atoms with Crippen LogP contribution in [0.5, 0.6) is 0 Å². The van der Waals surface area contributed by atoms with Gasteiger partial charge in [0.15, 0.2) is 0 Å². The number of thiophene rings is 1. The summed E-state index contributed by atoms with van der Waals surface area (Å²) in [4.78, 5) is 29.3. The number of rotatable bonds is 4. The fourth-order valence-corrected chi connectivity index (χ4v) is 3.44. The van der Waals surface area contributed by atoms with Crippen LogP contribution in [0.2, 0.25) is 0 Å². The van der Waals surface area contributed by atoms with Gasteiger partial charge in [-0.3, -0.25) is 4.79 Å². The second kappa shape index (κ2) is 6.36. The summed E-state index contributed by atoms with van der Waals surface area (Å²) in [5.41, 5.74) is 1.62. The zero-order valence-electron chi connectivity index (χ0n) is 12.3. The number of carbonyl (C=O) groups is 2. The van der Waals surface area contributed by atoms with E-state index in [-0.39, 0.29) is 5.91 Å². The van der Waals surface area contributed by atoms with E-state index in [1.807, 2.05) is 20.8 Å². The van der Waals surface area contributed by atoms with Gasteiger partial charge in [-0.05, 0) is 33.3 Å². The lowest BCUT2D eigenvalue weighted by atomic mass is 10.1. The van der Waals surface area contributed by atoms with Gasteiger partial charge in [0.2, 0.25) is 0 Å². The Hall–Kier alpha value is -1.73. The van der Waals surface area contributed by atoms with E-state index in [1.54, 1.807) is 12.3 Å². The Morgan fingerprint density at radius 3 is 2.62 bits per heavy atom. The van der Waals surface area contributed by atoms with E-state index in [0.29, 0.717) is 22.9 Å². The quantitative estimate of drug-likeness (QED) is 0.873. The molecule has 0 spiro atoms. The molecule has 0 aliphatic carbocycles. The van der Waals surface area contributed by atoms with Crippen molar-refractivity contribution in [1.29, 1.82) is 0 Å². The smallest absolute Gasteiger partial charge is 0.341 e. The molecule has 0 bridgehead atoms. The van der Waals surface area contributed by atoms with E-state index in [1.165, 1.54) is 22.7 Å². The van der Waals surface area contributed by atoms with Crippen molar-refractivity contribution < 1.29 is 14.3 Å². The predicted molar refractivity (Wildman–Crippen MR) is 84.6 cm³/mol. The molecule has 2 heterocycles. The van der Waals surface area contributed by atoms with Crippen molar-refractivity contribution in [3.63, 3.8) is 0 Å². The first-order chi connectivity index (χ1) is 9.93. The number of ether oxygens (including phenoxy) is 1. The third-order valence-electron chi connectivity index (χ3n) is 2.94. The molecule has 0 unspecified atom stereocenters. The van der Waals surface area contributed by atoms with Gasteiger partial charge in [-0.1, -0.05) is 0 Å². The summed E-state index contributed by atoms with van der Waals surface area (Å²) in [5.74, 6) is -0.727. The highest BCUT2D eigenvalue weighted by molar-refractivity contribution is 7.16. The van der Waals surface area contributed by atoms with E-state index >= 15 is 0 Å². The van der Waals surface area contributed by atoms with Gasteiger partial charge in [-0.15, -0.1) is 22.7 Å². The Bertz CT molecular complexity index is 688. The van der Waals surface area contributed by atoms with Gasteiger partial charge >= 0.3 is 5.97 Å². The number of amides is 1. The summed E-state index contributed by atoms with van der Waals surface area (Å²) >= 11 is 2.78. The molecule has 0 saturated carbocycles. The maximum atomic E-state index is 12.2. The summed E-state index contributed by atoms with van der Waals surface area (Å²) in [5, 5.41) is 5.80. The van der Waals surface area contributed by atoms with E-state index < -0.39 is 5.97 Å². The molecule has 0 aliphatic rings. The van der Waals surface area contributed by atoms with Gasteiger partial charge in [0.25, 0.3) is 5.91 Å². The molecule has 1 amide bonds. The number of anilines is 1. The third kappa shape index (κ3) is 3.30. The third-order valence-corrected chi connectivity index (χ3v) is 4.84. The van der Waals surface area contributed by atoms with Crippen LogP contribution < -0.4 is 5.32 Å². The molecule has 0 radical (unpaired) electrons. The number of thiazole rings is 1. The summed E-state index contributed by atoms with van der Waals surface area (Å²) in [6, 6.07) is 0. The van der Waals surface area contributed by atoms with Crippen LogP contribution in [-0.4, -0.2) is 23.5 Å². The highest BCUT2D eigenvalue weighted by Gasteiger charge is 2.22. The lowest BCUT2D eigenvalue weighted by Gasteiger charge is -2.06. The van der Waals surface area contributed by atoms with Crippen LogP contribution in [-0.2, 0) is 4.74 Å². The Balaban J connectivity index is 2.29. The number of nitrogens with one attached hydrogen (secondary N) is 1. The molecule has 2 aromatic rings. The number of aryl methyl sites for hydroxylation is 2. The van der Waals surface area contributed by atoms with Crippen LogP contribution in [0.1, 0.15) is 43.2 Å². The first kappa shape index (κ1) is 15.7. The Morgan fingerprint density at radius 2 is 2.05 bits per heavy atom. The normalized spacial score (nSPS) is 10.5. The highest BCUT2D eigenvalue weighted by atomic mass is 32.1. The fraction of sp³-hybridized carbons (Fsp3) is 0.357. The largest absolute Gasteiger partial charge is 0.462 e. The zero-order chi connectivity index (χ0) is 15.6. The minimum atomic E-state index is -0.413. The zero-order valence-corrected chi connectivity index (χ0v) is 13.9. The standard InChI is InChI=1S/C14H16N2O3S2/c1-5-19-14(18)11-7(2)8(3)21-13(11)16-12(17)10-6-20-9(4)15-10/h6H,5H2,1-4H3,(H,16,17). The lowest BCUT2D eigenvalue weighted by Crippen LogP contribution is -2.15. The van der Waals surface area contributed by atoms with Crippen molar-refractivity contribution in [1.82, 2.24) is 4.98 Å². The second-order valence-electron chi connectivity index (χ2n) is 4.41. The Morgan fingerprint density at radius 1 is 1.33 bits per heavy atom. The Labute approximate surface area is 131 Å². The Kier molecular flexibility index (Phi) is 4.74. The SMILES string of the molecule is CCOC(=O)c1c(NC(=O)c2csc(C)n2)sc(C)c1C. The molecule has 7 heteroatoms. The van der Waals surface area contributed by atoms with Gasteiger partial charge in [0, 0.05) is 10.3 Å². The van der Waals surface area contributed by atoms with Crippen LogP contribution in [0.4, 0.5) is 5.00 Å². The fourth-order valence-electron chi connectivity index (χ4n) is 1.80. The summed E-state index contributed by atoms with van der Waals surface area (Å²) in [6.45, 7) is 7.64. The van der Waals surface area contributed by atoms with Gasteiger partial charge in [-0.2, -0.15) is 0 Å². The highest BCUT2D eigenvalue weighted by Crippen LogP contribution is 2.33. The van der Waals surface area contributed by atoms with Gasteiger partial charge < -0.3 is 10.1 Å². The molecule has 0 aromatic carbocycles. The number of esters is 1. The minimum absolute atomic E-state index is 0.297. The van der Waals surface area contributed by atoms with Crippen LogP contribution in [0.3, 0.4) is 0 Å². The summed E-state index contributed by atoms with van der Waals surface area (Å²) < 4.78 is 5.06. The minimum Gasteiger partial charge on any atom is -0.462 e. The molecule has 112 valence electrons. The van der Waals surface area contributed by atoms with Crippen molar-refractivity contribution >= 4 is 39.6 Å². The molecule has 2 rings (SSSR count). The van der Waals surface area contributed by atoms with Crippen molar-refractivity contribution in [3.8, 4) is 0 Å². The van der Waals surface area contributed by atoms with Crippen LogP contribution in [0.15, 0.2) is 5.38 Å². The number of aromatic nitrogens is 1. The lowest BCUT2D eigenvalue weighted by molar-refractivity contribution is 0.0527. The average molecular weight is 324 g/mol. The molecule has 0 fully saturated rings. The van der Waals surface area contributed by atoms with Crippen molar-refractivity contribution in [2.45, 2.75) is 27.7 Å². The van der Waals surface area contributed by atoms with Gasteiger partial charge in [0.1, 0.15) is 10.7 Å². The van der Waals surface area contributed by atoms with Crippen LogP contribution >= 0.6 is 22.7 Å². The summed E-state index contributed by atoms with van der Waals surface area (Å²) in [6.07, 6.45) is 0. The molecule has 21 heavy (non-hydrogen) atoms. The van der Waals surface area contributed by atoms with E-state index in [2.05, 4.69) is 10.3 Å². The van der Waals surface area contributed by atoms with Crippen LogP contribution in [0.25, 0.3) is 0 Å². The number of nitrogens with zero attached hydrogens (tertiary/aromatic N) is 1. The number of hydrogen-bond acceptors (Lipinski definition) is 6. The number of hydrogen-bond donors (Lipinski definition) is 1. The monoisotopic (exact) mass is 324 g/mol. The molecule has 0 saturated heterocycles. The maximum absolute atomic E-state index is 12.2. The topological polar surface area (TPSA) is 68.3 Å². The molecule has 2 aromatic heterocycles. The first-order valence-corrected chi connectivity index (χ1v) is 8.14. The second-order valence-corrected chi connectivity index (χ2v) is 6.70. The predicted octanol–water partition coefficient (Wildman–Crippen LogP) is 3.56. The summed E-state index contributed by atoms with van der Waals surface area (Å²) in [7, 11) is 0. The molecular formula is C14H16N2O3S2. The molecule has 0 atom stereocenters. The van der Waals surface area contributed by atoms with Gasteiger partial charge in [-0.25, -0.2) is 9.78 Å². The van der Waals surface area contributed by atoms with Gasteiger partial charge in [0.05, 0.1) is 17.2 Å². The molecule has 0 aliphatic heterocycles.